The van der Waals surface area contributed by atoms with Gasteiger partial charge in [0, 0.05) is 22.4 Å². The molecule has 2 N–H and O–H groups in total. The molecule has 0 saturated carbocycles. The van der Waals surface area contributed by atoms with Crippen LogP contribution < -0.4 is 5.73 Å². The molecule has 0 radical (unpaired) electrons. The lowest BCUT2D eigenvalue weighted by Gasteiger charge is -2.13. The highest BCUT2D eigenvalue weighted by atomic mass is 79.9. The van der Waals surface area contributed by atoms with Crippen molar-refractivity contribution in [2.75, 3.05) is 0 Å². The quantitative estimate of drug-likeness (QED) is 0.712. The largest absolute Gasteiger partial charge is 0.383 e. The molecule has 3 aromatic rings. The Kier molecular flexibility index (Phi) is 3.65. The van der Waals surface area contributed by atoms with Gasteiger partial charge in [-0.15, -0.1) is 0 Å². The van der Waals surface area contributed by atoms with Crippen LogP contribution in [-0.4, -0.2) is 10.8 Å². The predicted molar refractivity (Wildman–Crippen MR) is 96.3 cm³/mol. The number of nitrogens with two attached hydrogens (primary N) is 1. The molecule has 118 valence electrons. The Bertz CT molecular complexity index is 954. The number of pyridine rings is 1. The first-order valence-electron chi connectivity index (χ1n) is 7.46. The van der Waals surface area contributed by atoms with Gasteiger partial charge in [0.25, 0.3) is 0 Å². The van der Waals surface area contributed by atoms with E-state index in [1.807, 2.05) is 36.4 Å². The molecular weight excluding hydrogens is 369 g/mol. The first-order chi connectivity index (χ1) is 11.6. The highest BCUT2D eigenvalue weighted by molar-refractivity contribution is 9.10. The third-order valence-corrected chi connectivity index (χ3v) is 4.60. The molecule has 0 saturated heterocycles. The second-order valence-electron chi connectivity index (χ2n) is 5.63. The van der Waals surface area contributed by atoms with Gasteiger partial charge in [-0.3, -0.25) is 9.98 Å². The number of aromatic nitrogens is 1. The Balaban J connectivity index is 1.93. The highest BCUT2D eigenvalue weighted by Crippen LogP contribution is 2.40. The lowest BCUT2D eigenvalue weighted by atomic mass is 9.91. The van der Waals surface area contributed by atoms with Crippen molar-refractivity contribution in [1.29, 1.82) is 0 Å². The van der Waals surface area contributed by atoms with Crippen molar-refractivity contribution in [1.82, 2.24) is 4.98 Å². The molecule has 5 heteroatoms. The van der Waals surface area contributed by atoms with Gasteiger partial charge in [-0.1, -0.05) is 28.1 Å². The van der Waals surface area contributed by atoms with E-state index >= 15 is 0 Å². The summed E-state index contributed by atoms with van der Waals surface area (Å²) in [5.74, 6) is 0.132. The van der Waals surface area contributed by atoms with Gasteiger partial charge in [0.15, 0.2) is 0 Å². The molecule has 1 aromatic heterocycles. The van der Waals surface area contributed by atoms with Crippen LogP contribution in [0, 0.1) is 5.82 Å². The van der Waals surface area contributed by atoms with E-state index < -0.39 is 0 Å². The molecule has 1 atom stereocenters. The van der Waals surface area contributed by atoms with Gasteiger partial charge < -0.3 is 5.73 Å². The van der Waals surface area contributed by atoms with Crippen LogP contribution in [0.2, 0.25) is 0 Å². The summed E-state index contributed by atoms with van der Waals surface area (Å²) >= 11 is 3.47. The normalized spacial score (nSPS) is 15.9. The molecule has 2 heterocycles. The molecule has 3 nitrogen and oxygen atoms in total. The van der Waals surface area contributed by atoms with Crippen LogP contribution in [0.15, 0.2) is 70.4 Å². The van der Waals surface area contributed by atoms with E-state index in [9.17, 15) is 4.39 Å². The lowest BCUT2D eigenvalue weighted by Crippen LogP contribution is -2.12. The van der Waals surface area contributed by atoms with Crippen LogP contribution in [-0.2, 0) is 0 Å². The fraction of sp³-hybridized carbons (Fsp3) is 0.0526. The highest BCUT2D eigenvalue weighted by Gasteiger charge is 2.28. The molecule has 1 aliphatic rings. The van der Waals surface area contributed by atoms with Crippen molar-refractivity contribution >= 4 is 21.8 Å². The molecule has 1 unspecified atom stereocenters. The van der Waals surface area contributed by atoms with Crippen LogP contribution in [0.5, 0.6) is 0 Å². The zero-order valence-electron chi connectivity index (χ0n) is 12.6. The van der Waals surface area contributed by atoms with Crippen molar-refractivity contribution in [2.24, 2.45) is 10.7 Å². The summed E-state index contributed by atoms with van der Waals surface area (Å²) in [7, 11) is 0. The molecule has 1 aliphatic heterocycles. The van der Waals surface area contributed by atoms with E-state index in [0.717, 1.165) is 32.3 Å². The van der Waals surface area contributed by atoms with Gasteiger partial charge in [0.05, 0.1) is 0 Å². The lowest BCUT2D eigenvalue weighted by molar-refractivity contribution is 0.625. The molecule has 0 aliphatic carbocycles. The summed E-state index contributed by atoms with van der Waals surface area (Å²) in [5, 5.41) is 0. The fourth-order valence-corrected chi connectivity index (χ4v) is 3.51. The third kappa shape index (κ3) is 2.51. The Morgan fingerprint density at radius 2 is 1.83 bits per heavy atom. The molecule has 0 spiro atoms. The average molecular weight is 382 g/mol. The Hall–Kier alpha value is -2.53. The van der Waals surface area contributed by atoms with Crippen LogP contribution in [0.3, 0.4) is 0 Å². The third-order valence-electron chi connectivity index (χ3n) is 4.11. The number of rotatable bonds is 2. The zero-order chi connectivity index (χ0) is 16.7. The molecule has 24 heavy (non-hydrogen) atoms. The monoisotopic (exact) mass is 381 g/mol. The number of halogens is 2. The maximum atomic E-state index is 14.3. The minimum atomic E-state index is -0.301. The van der Waals surface area contributed by atoms with E-state index in [0.29, 0.717) is 5.84 Å². The van der Waals surface area contributed by atoms with E-state index in [4.69, 9.17) is 5.73 Å². The number of hydrogen-bond donors (Lipinski definition) is 1. The minimum absolute atomic E-state index is 0.297. The van der Waals surface area contributed by atoms with Crippen LogP contribution in [0.1, 0.15) is 22.7 Å². The number of aliphatic imine (C=N–C) groups is 1. The summed E-state index contributed by atoms with van der Waals surface area (Å²) in [6.45, 7) is 0. The summed E-state index contributed by atoms with van der Waals surface area (Å²) in [6, 6.07) is 14.2. The summed E-state index contributed by atoms with van der Waals surface area (Å²) in [4.78, 5) is 8.60. The van der Waals surface area contributed by atoms with E-state index in [-0.39, 0.29) is 11.9 Å². The van der Waals surface area contributed by atoms with Gasteiger partial charge in [-0.25, -0.2) is 4.39 Å². The molecule has 0 fully saturated rings. The Labute approximate surface area is 147 Å². The topological polar surface area (TPSA) is 51.3 Å². The van der Waals surface area contributed by atoms with Crippen LogP contribution in [0.25, 0.3) is 11.1 Å². The molecule has 2 aromatic carbocycles. The summed E-state index contributed by atoms with van der Waals surface area (Å²) < 4.78 is 15.2. The number of nitrogens with zero attached hydrogens (tertiary/aromatic N) is 2. The van der Waals surface area contributed by atoms with Gasteiger partial charge in [0.1, 0.15) is 17.7 Å². The Morgan fingerprint density at radius 1 is 1.04 bits per heavy atom. The molecule has 0 bridgehead atoms. The first-order valence-corrected chi connectivity index (χ1v) is 8.26. The summed E-state index contributed by atoms with van der Waals surface area (Å²) in [5.41, 5.74) is 10.4. The molecular formula is C19H13BrFN3. The number of hydrogen-bond acceptors (Lipinski definition) is 3. The second kappa shape index (κ2) is 5.83. The number of amidine groups is 1. The van der Waals surface area contributed by atoms with Gasteiger partial charge >= 0.3 is 0 Å². The number of benzene rings is 2. The van der Waals surface area contributed by atoms with Gasteiger partial charge in [-0.05, 0) is 58.7 Å². The zero-order valence-corrected chi connectivity index (χ0v) is 14.2. The van der Waals surface area contributed by atoms with Crippen molar-refractivity contribution < 1.29 is 4.39 Å². The average Bonchev–Trinajstić information content (AvgIpc) is 2.92. The van der Waals surface area contributed by atoms with Crippen molar-refractivity contribution in [3.05, 3.63) is 87.9 Å². The maximum absolute atomic E-state index is 14.3. The Morgan fingerprint density at radius 3 is 2.58 bits per heavy atom. The van der Waals surface area contributed by atoms with Gasteiger partial charge in [0.2, 0.25) is 0 Å². The molecule has 4 rings (SSSR count). The predicted octanol–water partition coefficient (Wildman–Crippen LogP) is 4.46. The van der Waals surface area contributed by atoms with Crippen molar-refractivity contribution in [3.8, 4) is 11.1 Å². The maximum Gasteiger partial charge on any atom is 0.127 e. The number of fused-ring (bicyclic) bond motifs is 1. The molecule has 0 amide bonds. The van der Waals surface area contributed by atoms with E-state index in [1.165, 1.54) is 12.1 Å². The van der Waals surface area contributed by atoms with Crippen molar-refractivity contribution in [2.45, 2.75) is 6.04 Å². The standard InChI is InChI=1S/C19H13BrFN3/c20-13-3-1-2-12(8-13)18-16-10-14(21)9-15(17(16)19(22)24-18)11-4-6-23-7-5-11/h1-10,18H,(H2,22,24). The van der Waals surface area contributed by atoms with Crippen molar-refractivity contribution in [3.63, 3.8) is 0 Å². The van der Waals surface area contributed by atoms with E-state index in [2.05, 4.69) is 25.9 Å². The van der Waals surface area contributed by atoms with Crippen LogP contribution in [0.4, 0.5) is 4.39 Å². The first kappa shape index (κ1) is 15.0. The fourth-order valence-electron chi connectivity index (χ4n) is 3.09. The van der Waals surface area contributed by atoms with Gasteiger partial charge in [-0.2, -0.15) is 0 Å². The summed E-state index contributed by atoms with van der Waals surface area (Å²) in [6.07, 6.45) is 3.36. The smallest absolute Gasteiger partial charge is 0.127 e. The van der Waals surface area contributed by atoms with Crippen LogP contribution >= 0.6 is 15.9 Å². The van der Waals surface area contributed by atoms with E-state index in [1.54, 1.807) is 12.4 Å². The SMILES string of the molecule is NC1=NC(c2cccc(Br)c2)c2cc(F)cc(-c3ccncc3)c21. The minimum Gasteiger partial charge on any atom is -0.383 e. The second-order valence-corrected chi connectivity index (χ2v) is 6.54.